The van der Waals surface area contributed by atoms with E-state index in [4.69, 9.17) is 0 Å². The smallest absolute Gasteiger partial charge is 0.267 e. The molecular weight excluding hydrogens is 330 g/mol. The zero-order valence-corrected chi connectivity index (χ0v) is 14.5. The number of carbonyl (C=O) groups excluding carboxylic acids is 1. The van der Waals surface area contributed by atoms with E-state index in [1.165, 1.54) is 0 Å². The van der Waals surface area contributed by atoms with E-state index in [0.717, 1.165) is 28.3 Å². The van der Waals surface area contributed by atoms with Crippen molar-refractivity contribution in [3.8, 4) is 0 Å². The highest BCUT2D eigenvalue weighted by Gasteiger charge is 2.16. The van der Waals surface area contributed by atoms with Crippen LogP contribution < -0.4 is 5.32 Å². The monoisotopic (exact) mass is 351 g/mol. The zero-order valence-electron chi connectivity index (χ0n) is 13.0. The molecule has 114 valence electrons. The fourth-order valence-corrected chi connectivity index (χ4v) is 2.50. The SMILES string of the molecule is CC(CCC(C)(C)C)NC(=O)c1cc2cc(Br)ncc2[nH]1. The maximum absolute atomic E-state index is 12.3. The summed E-state index contributed by atoms with van der Waals surface area (Å²) in [4.78, 5) is 19.5. The Bertz CT molecular complexity index is 642. The van der Waals surface area contributed by atoms with Crippen LogP contribution in [-0.2, 0) is 0 Å². The number of nitrogens with one attached hydrogen (secondary N) is 2. The molecule has 0 fully saturated rings. The summed E-state index contributed by atoms with van der Waals surface area (Å²) in [5.74, 6) is -0.0660. The van der Waals surface area contributed by atoms with Gasteiger partial charge in [0.2, 0.25) is 0 Å². The lowest BCUT2D eigenvalue weighted by atomic mass is 9.89. The Balaban J connectivity index is 2.01. The number of pyridine rings is 1. The molecule has 4 nitrogen and oxygen atoms in total. The molecule has 2 N–H and O–H groups in total. The lowest BCUT2D eigenvalue weighted by molar-refractivity contribution is 0.0931. The number of fused-ring (bicyclic) bond motifs is 1. The summed E-state index contributed by atoms with van der Waals surface area (Å²) in [5, 5.41) is 4.02. The minimum absolute atomic E-state index is 0.0660. The van der Waals surface area contributed by atoms with E-state index < -0.39 is 0 Å². The second kappa shape index (κ2) is 6.18. The van der Waals surface area contributed by atoms with Gasteiger partial charge >= 0.3 is 0 Å². The molecule has 5 heteroatoms. The van der Waals surface area contributed by atoms with E-state index in [2.05, 4.69) is 52.0 Å². The van der Waals surface area contributed by atoms with Gasteiger partial charge in [0.05, 0.1) is 11.7 Å². The molecule has 0 bridgehead atoms. The van der Waals surface area contributed by atoms with Crippen LogP contribution in [0.15, 0.2) is 22.9 Å². The van der Waals surface area contributed by atoms with Crippen LogP contribution in [0.5, 0.6) is 0 Å². The van der Waals surface area contributed by atoms with Crippen molar-refractivity contribution >= 4 is 32.7 Å². The Kier molecular flexibility index (Phi) is 4.71. The van der Waals surface area contributed by atoms with Crippen molar-refractivity contribution in [3.63, 3.8) is 0 Å². The van der Waals surface area contributed by atoms with Crippen LogP contribution in [0.25, 0.3) is 10.9 Å². The first-order valence-corrected chi connectivity index (χ1v) is 7.99. The first-order chi connectivity index (χ1) is 9.74. The normalized spacial score (nSPS) is 13.4. The van der Waals surface area contributed by atoms with Crippen LogP contribution in [0.4, 0.5) is 0 Å². The number of rotatable bonds is 4. The van der Waals surface area contributed by atoms with Gasteiger partial charge in [-0.1, -0.05) is 20.8 Å². The van der Waals surface area contributed by atoms with Crippen molar-refractivity contribution < 1.29 is 4.79 Å². The Morgan fingerprint density at radius 1 is 1.43 bits per heavy atom. The summed E-state index contributed by atoms with van der Waals surface area (Å²) >= 11 is 3.33. The van der Waals surface area contributed by atoms with Crippen LogP contribution in [0, 0.1) is 5.41 Å². The first kappa shape index (κ1) is 16.0. The van der Waals surface area contributed by atoms with Crippen molar-refractivity contribution in [2.75, 3.05) is 0 Å². The fourth-order valence-electron chi connectivity index (χ4n) is 2.15. The maximum Gasteiger partial charge on any atom is 0.267 e. The third kappa shape index (κ3) is 4.56. The number of hydrogen-bond acceptors (Lipinski definition) is 2. The Labute approximate surface area is 133 Å². The van der Waals surface area contributed by atoms with Crippen LogP contribution in [0.1, 0.15) is 51.0 Å². The molecule has 21 heavy (non-hydrogen) atoms. The molecular formula is C16H22BrN3O. The molecule has 0 saturated carbocycles. The third-order valence-electron chi connectivity index (χ3n) is 3.42. The number of aromatic nitrogens is 2. The summed E-state index contributed by atoms with van der Waals surface area (Å²) in [6, 6.07) is 3.91. The van der Waals surface area contributed by atoms with Gasteiger partial charge in [-0.25, -0.2) is 4.98 Å². The predicted molar refractivity (Wildman–Crippen MR) is 89.4 cm³/mol. The van der Waals surface area contributed by atoms with Gasteiger partial charge in [0.25, 0.3) is 5.91 Å². The van der Waals surface area contributed by atoms with Gasteiger partial charge in [-0.2, -0.15) is 0 Å². The number of aromatic amines is 1. The first-order valence-electron chi connectivity index (χ1n) is 7.20. The van der Waals surface area contributed by atoms with Crippen molar-refractivity contribution in [1.82, 2.24) is 15.3 Å². The van der Waals surface area contributed by atoms with E-state index >= 15 is 0 Å². The summed E-state index contributed by atoms with van der Waals surface area (Å²) in [7, 11) is 0. The molecule has 0 saturated heterocycles. The lowest BCUT2D eigenvalue weighted by Gasteiger charge is -2.21. The molecule has 0 aliphatic heterocycles. The highest BCUT2D eigenvalue weighted by atomic mass is 79.9. The average Bonchev–Trinajstić information content (AvgIpc) is 2.78. The van der Waals surface area contributed by atoms with E-state index in [9.17, 15) is 4.79 Å². The molecule has 2 aromatic rings. The van der Waals surface area contributed by atoms with Crippen LogP contribution in [-0.4, -0.2) is 21.9 Å². The van der Waals surface area contributed by atoms with Gasteiger partial charge in [-0.15, -0.1) is 0 Å². The molecule has 0 spiro atoms. The van der Waals surface area contributed by atoms with Crippen LogP contribution >= 0.6 is 15.9 Å². The Morgan fingerprint density at radius 2 is 2.14 bits per heavy atom. The quantitative estimate of drug-likeness (QED) is 0.808. The van der Waals surface area contributed by atoms with Gasteiger partial charge < -0.3 is 10.3 Å². The highest BCUT2D eigenvalue weighted by molar-refractivity contribution is 9.10. The molecule has 2 aromatic heterocycles. The van der Waals surface area contributed by atoms with Gasteiger partial charge in [0.15, 0.2) is 0 Å². The molecule has 0 radical (unpaired) electrons. The number of amides is 1. The third-order valence-corrected chi connectivity index (χ3v) is 3.85. The topological polar surface area (TPSA) is 57.8 Å². The molecule has 1 atom stereocenters. The van der Waals surface area contributed by atoms with E-state index in [1.807, 2.05) is 19.1 Å². The summed E-state index contributed by atoms with van der Waals surface area (Å²) in [5.41, 5.74) is 1.73. The van der Waals surface area contributed by atoms with Crippen LogP contribution in [0.3, 0.4) is 0 Å². The van der Waals surface area contributed by atoms with Crippen LogP contribution in [0.2, 0.25) is 0 Å². The van der Waals surface area contributed by atoms with Crippen molar-refractivity contribution in [1.29, 1.82) is 0 Å². The predicted octanol–water partition coefficient (Wildman–Crippen LogP) is 4.27. The Hall–Kier alpha value is -1.36. The second-order valence-corrected chi connectivity index (χ2v) is 7.56. The van der Waals surface area contributed by atoms with E-state index in [0.29, 0.717) is 5.69 Å². The standard InChI is InChI=1S/C16H22BrN3O/c1-10(5-6-16(2,3)4)19-15(21)12-7-11-8-14(17)18-9-13(11)20-12/h7-10,20H,5-6H2,1-4H3,(H,19,21). The molecule has 0 aliphatic rings. The number of carbonyl (C=O) groups is 1. The summed E-state index contributed by atoms with van der Waals surface area (Å²) in [6.07, 6.45) is 3.78. The number of H-pyrrole nitrogens is 1. The summed E-state index contributed by atoms with van der Waals surface area (Å²) < 4.78 is 0.763. The molecule has 0 aromatic carbocycles. The van der Waals surface area contributed by atoms with Crippen molar-refractivity contribution in [2.45, 2.75) is 46.6 Å². The Morgan fingerprint density at radius 3 is 2.81 bits per heavy atom. The number of hydrogen-bond donors (Lipinski definition) is 2. The maximum atomic E-state index is 12.3. The van der Waals surface area contributed by atoms with Gasteiger partial charge in [-0.3, -0.25) is 4.79 Å². The summed E-state index contributed by atoms with van der Waals surface area (Å²) in [6.45, 7) is 8.68. The zero-order chi connectivity index (χ0) is 15.6. The van der Waals surface area contributed by atoms with Gasteiger partial charge in [-0.05, 0) is 53.2 Å². The number of nitrogens with zero attached hydrogens (tertiary/aromatic N) is 1. The number of halogens is 1. The molecule has 2 heterocycles. The van der Waals surface area contributed by atoms with E-state index in [-0.39, 0.29) is 17.4 Å². The average molecular weight is 352 g/mol. The van der Waals surface area contributed by atoms with E-state index in [1.54, 1.807) is 6.20 Å². The largest absolute Gasteiger partial charge is 0.349 e. The minimum Gasteiger partial charge on any atom is -0.349 e. The fraction of sp³-hybridized carbons (Fsp3) is 0.500. The minimum atomic E-state index is -0.0660. The lowest BCUT2D eigenvalue weighted by Crippen LogP contribution is -2.33. The highest BCUT2D eigenvalue weighted by Crippen LogP contribution is 2.22. The van der Waals surface area contributed by atoms with Gasteiger partial charge in [0, 0.05) is 11.4 Å². The molecule has 2 rings (SSSR count). The van der Waals surface area contributed by atoms with Gasteiger partial charge in [0.1, 0.15) is 10.3 Å². The molecule has 0 aliphatic carbocycles. The second-order valence-electron chi connectivity index (χ2n) is 6.75. The van der Waals surface area contributed by atoms with Crippen molar-refractivity contribution in [3.05, 3.63) is 28.6 Å². The molecule has 1 unspecified atom stereocenters. The molecule has 1 amide bonds. The van der Waals surface area contributed by atoms with Crippen molar-refractivity contribution in [2.24, 2.45) is 5.41 Å².